The number of carbonyl (C=O) groups excluding carboxylic acids is 1. The number of benzene rings is 1. The highest BCUT2D eigenvalue weighted by Gasteiger charge is 2.11. The van der Waals surface area contributed by atoms with E-state index >= 15 is 0 Å². The number of thiophene rings is 1. The Labute approximate surface area is 166 Å². The molecule has 0 fully saturated rings. The summed E-state index contributed by atoms with van der Waals surface area (Å²) in [6.45, 7) is 2.92. The molecule has 0 aliphatic rings. The van der Waals surface area contributed by atoms with Gasteiger partial charge in [0.1, 0.15) is 22.8 Å². The average molecular weight is 404 g/mol. The van der Waals surface area contributed by atoms with Gasteiger partial charge in [0, 0.05) is 10.3 Å². The van der Waals surface area contributed by atoms with Crippen LogP contribution in [0.15, 0.2) is 41.7 Å². The minimum atomic E-state index is -0.0543. The van der Waals surface area contributed by atoms with Crippen molar-refractivity contribution in [3.63, 3.8) is 0 Å². The first-order valence-corrected chi connectivity index (χ1v) is 10.4. The van der Waals surface area contributed by atoms with E-state index in [1.165, 1.54) is 16.6 Å². The van der Waals surface area contributed by atoms with E-state index < -0.39 is 0 Å². The molecule has 2 aromatic heterocycles. The number of aromatic nitrogens is 2. The van der Waals surface area contributed by atoms with E-state index in [0.29, 0.717) is 30.4 Å². The number of fused-ring (bicyclic) bond motifs is 1. The van der Waals surface area contributed by atoms with E-state index in [1.807, 2.05) is 24.3 Å². The van der Waals surface area contributed by atoms with Crippen LogP contribution in [-0.4, -0.2) is 41.9 Å². The zero-order chi connectivity index (χ0) is 19.1. The molecular weight excluding hydrogens is 382 g/mol. The zero-order valence-electron chi connectivity index (χ0n) is 15.2. The fourth-order valence-corrected chi connectivity index (χ4v) is 4.25. The van der Waals surface area contributed by atoms with E-state index in [2.05, 4.69) is 28.3 Å². The summed E-state index contributed by atoms with van der Waals surface area (Å²) in [7, 11) is 1.60. The molecule has 0 atom stereocenters. The number of rotatable bonds is 9. The Morgan fingerprint density at radius 1 is 1.26 bits per heavy atom. The van der Waals surface area contributed by atoms with Crippen molar-refractivity contribution in [1.29, 1.82) is 0 Å². The van der Waals surface area contributed by atoms with Crippen molar-refractivity contribution in [2.45, 2.75) is 18.4 Å². The van der Waals surface area contributed by atoms with Gasteiger partial charge in [-0.05, 0) is 24.6 Å². The Bertz CT molecular complexity index is 914. The molecule has 3 rings (SSSR count). The molecule has 0 saturated carbocycles. The highest BCUT2D eigenvalue weighted by atomic mass is 32.2. The number of thioether (sulfide) groups is 1. The molecule has 0 aliphatic heterocycles. The van der Waals surface area contributed by atoms with Crippen LogP contribution in [0.5, 0.6) is 11.5 Å². The first-order valence-electron chi connectivity index (χ1n) is 8.60. The topological polar surface area (TPSA) is 73.3 Å². The van der Waals surface area contributed by atoms with E-state index in [-0.39, 0.29) is 5.91 Å². The van der Waals surface area contributed by atoms with Crippen molar-refractivity contribution >= 4 is 39.2 Å². The molecule has 1 amide bonds. The van der Waals surface area contributed by atoms with E-state index in [9.17, 15) is 4.79 Å². The fourth-order valence-electron chi connectivity index (χ4n) is 2.45. The molecule has 142 valence electrons. The Kier molecular flexibility index (Phi) is 6.89. The molecule has 27 heavy (non-hydrogen) atoms. The van der Waals surface area contributed by atoms with E-state index in [4.69, 9.17) is 9.47 Å². The van der Waals surface area contributed by atoms with Crippen molar-refractivity contribution in [1.82, 2.24) is 15.3 Å². The van der Waals surface area contributed by atoms with Crippen molar-refractivity contribution in [3.05, 3.63) is 41.5 Å². The second kappa shape index (κ2) is 9.57. The van der Waals surface area contributed by atoms with Gasteiger partial charge in [-0.15, -0.1) is 11.3 Å². The van der Waals surface area contributed by atoms with Crippen LogP contribution in [0.4, 0.5) is 0 Å². The first kappa shape index (κ1) is 19.4. The van der Waals surface area contributed by atoms with E-state index in [0.717, 1.165) is 21.7 Å². The molecule has 0 bridgehead atoms. The lowest BCUT2D eigenvalue weighted by Crippen LogP contribution is -2.29. The number of nitrogens with zero attached hydrogens (tertiary/aromatic N) is 2. The maximum atomic E-state index is 12.1. The summed E-state index contributed by atoms with van der Waals surface area (Å²) in [6.07, 6.45) is 2.53. The maximum absolute atomic E-state index is 12.1. The molecule has 0 radical (unpaired) electrons. The second-order valence-electron chi connectivity index (χ2n) is 5.60. The predicted molar refractivity (Wildman–Crippen MR) is 109 cm³/mol. The Morgan fingerprint density at radius 2 is 2.07 bits per heavy atom. The van der Waals surface area contributed by atoms with Crippen LogP contribution < -0.4 is 14.8 Å². The lowest BCUT2D eigenvalue weighted by Gasteiger charge is -2.10. The molecule has 3 aromatic rings. The maximum Gasteiger partial charge on any atom is 0.230 e. The number of nitrogens with one attached hydrogen (secondary N) is 1. The molecule has 8 heteroatoms. The van der Waals surface area contributed by atoms with Gasteiger partial charge in [0.05, 0.1) is 19.4 Å². The monoisotopic (exact) mass is 403 g/mol. The highest BCUT2D eigenvalue weighted by Crippen LogP contribution is 2.30. The molecule has 0 spiro atoms. The summed E-state index contributed by atoms with van der Waals surface area (Å²) in [5.74, 6) is 1.59. The lowest BCUT2D eigenvalue weighted by atomic mass is 10.3. The van der Waals surface area contributed by atoms with Crippen LogP contribution in [0.3, 0.4) is 0 Å². The van der Waals surface area contributed by atoms with Gasteiger partial charge >= 0.3 is 0 Å². The van der Waals surface area contributed by atoms with Gasteiger partial charge in [0.15, 0.2) is 11.5 Å². The van der Waals surface area contributed by atoms with Crippen molar-refractivity contribution < 1.29 is 14.3 Å². The summed E-state index contributed by atoms with van der Waals surface area (Å²) in [4.78, 5) is 23.0. The Balaban J connectivity index is 1.46. The molecule has 6 nitrogen and oxygen atoms in total. The summed E-state index contributed by atoms with van der Waals surface area (Å²) < 4.78 is 10.9. The number of hydrogen-bond acceptors (Lipinski definition) is 7. The van der Waals surface area contributed by atoms with Crippen LogP contribution >= 0.6 is 23.1 Å². The van der Waals surface area contributed by atoms with Crippen LogP contribution in [0.2, 0.25) is 0 Å². The van der Waals surface area contributed by atoms with Gasteiger partial charge < -0.3 is 14.8 Å². The number of hydrogen-bond donors (Lipinski definition) is 1. The molecule has 1 N–H and O–H groups in total. The van der Waals surface area contributed by atoms with Gasteiger partial charge in [-0.2, -0.15) is 0 Å². The largest absolute Gasteiger partial charge is 0.493 e. The predicted octanol–water partition coefficient (Wildman–Crippen LogP) is 3.55. The summed E-state index contributed by atoms with van der Waals surface area (Å²) in [5, 5.41) is 4.73. The van der Waals surface area contributed by atoms with Gasteiger partial charge in [-0.1, -0.05) is 30.8 Å². The SMILES string of the molecule is CCc1cc2c(SCC(=O)NCCOc3ccccc3OC)ncnc2s1. The minimum absolute atomic E-state index is 0.0543. The number of aryl methyl sites for hydroxylation is 1. The smallest absolute Gasteiger partial charge is 0.230 e. The van der Waals surface area contributed by atoms with Gasteiger partial charge in [0.2, 0.25) is 5.91 Å². The molecule has 0 aliphatic carbocycles. The number of ether oxygens (including phenoxy) is 2. The van der Waals surface area contributed by atoms with Crippen LogP contribution in [0.1, 0.15) is 11.8 Å². The summed E-state index contributed by atoms with van der Waals surface area (Å²) >= 11 is 3.10. The van der Waals surface area contributed by atoms with Gasteiger partial charge in [-0.25, -0.2) is 9.97 Å². The number of methoxy groups -OCH3 is 1. The molecular formula is C19H21N3O3S2. The van der Waals surface area contributed by atoms with E-state index in [1.54, 1.807) is 24.8 Å². The van der Waals surface area contributed by atoms with Crippen LogP contribution in [-0.2, 0) is 11.2 Å². The fraction of sp³-hybridized carbons (Fsp3) is 0.316. The van der Waals surface area contributed by atoms with Crippen molar-refractivity contribution in [2.24, 2.45) is 0 Å². The summed E-state index contributed by atoms with van der Waals surface area (Å²) in [5.41, 5.74) is 0. The first-order chi connectivity index (χ1) is 13.2. The molecule has 0 unspecified atom stereocenters. The lowest BCUT2D eigenvalue weighted by molar-refractivity contribution is -0.118. The van der Waals surface area contributed by atoms with Gasteiger partial charge in [-0.3, -0.25) is 4.79 Å². The van der Waals surface area contributed by atoms with Crippen LogP contribution in [0.25, 0.3) is 10.2 Å². The Hall–Kier alpha value is -2.32. The number of carbonyl (C=O) groups is 1. The molecule has 0 saturated heterocycles. The zero-order valence-corrected chi connectivity index (χ0v) is 16.9. The normalized spacial score (nSPS) is 10.7. The Morgan fingerprint density at radius 3 is 2.85 bits per heavy atom. The molecule has 2 heterocycles. The second-order valence-corrected chi connectivity index (χ2v) is 7.68. The van der Waals surface area contributed by atoms with Crippen molar-refractivity contribution in [2.75, 3.05) is 26.0 Å². The summed E-state index contributed by atoms with van der Waals surface area (Å²) in [6, 6.07) is 9.54. The third kappa shape index (κ3) is 5.11. The third-order valence-electron chi connectivity index (χ3n) is 3.78. The highest BCUT2D eigenvalue weighted by molar-refractivity contribution is 8.00. The van der Waals surface area contributed by atoms with Crippen LogP contribution in [0, 0.1) is 0 Å². The number of amides is 1. The van der Waals surface area contributed by atoms with Crippen molar-refractivity contribution in [3.8, 4) is 11.5 Å². The standard InChI is InChI=1S/C19H21N3O3S2/c1-3-13-10-14-18(21-12-22-19(14)27-13)26-11-17(23)20-8-9-25-16-7-5-4-6-15(16)24-2/h4-7,10,12H,3,8-9,11H2,1-2H3,(H,20,23). The minimum Gasteiger partial charge on any atom is -0.493 e. The quantitative estimate of drug-likeness (QED) is 0.335. The third-order valence-corrected chi connectivity index (χ3v) is 5.98. The number of para-hydroxylation sites is 2. The average Bonchev–Trinajstić information content (AvgIpc) is 3.14. The molecule has 1 aromatic carbocycles. The van der Waals surface area contributed by atoms with Gasteiger partial charge in [0.25, 0.3) is 0 Å².